The summed E-state index contributed by atoms with van der Waals surface area (Å²) in [7, 11) is -0.678. The molecule has 38 heavy (non-hydrogen) atoms. The molecular weight excluding hydrogens is 490 g/mol. The first kappa shape index (κ1) is 27.2. The van der Waals surface area contributed by atoms with Gasteiger partial charge in [-0.15, -0.1) is 0 Å². The first-order chi connectivity index (χ1) is 18.0. The number of hydrogen-bond donors (Lipinski definition) is 0. The predicted octanol–water partition coefficient (Wildman–Crippen LogP) is 7.43. The van der Waals surface area contributed by atoms with Crippen LogP contribution in [0.3, 0.4) is 0 Å². The van der Waals surface area contributed by atoms with E-state index < -0.39 is 19.4 Å². The summed E-state index contributed by atoms with van der Waals surface area (Å²) < 4.78 is 18.2. The molecule has 1 heterocycles. The molecule has 1 aromatic heterocycles. The Kier molecular flexibility index (Phi) is 7.53. The zero-order valence-electron chi connectivity index (χ0n) is 23.0. The van der Waals surface area contributed by atoms with Crippen LogP contribution in [0.25, 0.3) is 10.8 Å². The standard InChI is InChI=1S/C32H35NO4Si/c1-31(2,3)38(5,6)37-27-19-26(35-4)17-25-18-28(36-30(34)29(25)27)32(22-33,20-23-13-9-7-10-14-23)21-24-15-11-8-12-16-24/h7-19H,20-21H2,1-6H3. The van der Waals surface area contributed by atoms with E-state index in [9.17, 15) is 10.1 Å². The van der Waals surface area contributed by atoms with Crippen LogP contribution >= 0.6 is 0 Å². The van der Waals surface area contributed by atoms with Gasteiger partial charge in [0.15, 0.2) is 0 Å². The number of benzene rings is 3. The number of fused-ring (bicyclic) bond motifs is 1. The Balaban J connectivity index is 1.93. The van der Waals surface area contributed by atoms with Crippen molar-refractivity contribution in [2.75, 3.05) is 7.11 Å². The van der Waals surface area contributed by atoms with Gasteiger partial charge in [-0.3, -0.25) is 0 Å². The van der Waals surface area contributed by atoms with Crippen molar-refractivity contribution in [3.8, 4) is 17.6 Å². The molecule has 0 bridgehead atoms. The molecule has 0 radical (unpaired) electrons. The Hall–Kier alpha value is -3.82. The largest absolute Gasteiger partial charge is 0.543 e. The highest BCUT2D eigenvalue weighted by Crippen LogP contribution is 2.41. The molecule has 0 saturated heterocycles. The summed E-state index contributed by atoms with van der Waals surface area (Å²) in [6, 6.07) is 27.6. The lowest BCUT2D eigenvalue weighted by atomic mass is 9.75. The fourth-order valence-electron chi connectivity index (χ4n) is 4.39. The summed E-state index contributed by atoms with van der Waals surface area (Å²) in [4.78, 5) is 13.6. The van der Waals surface area contributed by atoms with E-state index in [-0.39, 0.29) is 5.04 Å². The average Bonchev–Trinajstić information content (AvgIpc) is 2.88. The molecule has 0 unspecified atom stereocenters. The first-order valence-electron chi connectivity index (χ1n) is 12.8. The highest BCUT2D eigenvalue weighted by Gasteiger charge is 2.40. The van der Waals surface area contributed by atoms with Crippen molar-refractivity contribution >= 4 is 19.1 Å². The minimum absolute atomic E-state index is 0.0656. The Morgan fingerprint density at radius 1 is 0.895 bits per heavy atom. The van der Waals surface area contributed by atoms with Crippen molar-refractivity contribution in [3.63, 3.8) is 0 Å². The molecule has 0 atom stereocenters. The van der Waals surface area contributed by atoms with E-state index in [1.165, 1.54) is 0 Å². The number of nitriles is 1. The highest BCUT2D eigenvalue weighted by molar-refractivity contribution is 6.74. The average molecular weight is 526 g/mol. The van der Waals surface area contributed by atoms with Crippen molar-refractivity contribution in [2.24, 2.45) is 0 Å². The fourth-order valence-corrected chi connectivity index (χ4v) is 5.40. The van der Waals surface area contributed by atoms with Crippen molar-refractivity contribution in [3.05, 3.63) is 106 Å². The van der Waals surface area contributed by atoms with Gasteiger partial charge in [-0.1, -0.05) is 81.4 Å². The quantitative estimate of drug-likeness (QED) is 0.224. The third-order valence-electron chi connectivity index (χ3n) is 7.59. The van der Waals surface area contributed by atoms with Gasteiger partial charge in [0.25, 0.3) is 8.32 Å². The van der Waals surface area contributed by atoms with Crippen LogP contribution in [0.5, 0.6) is 11.5 Å². The van der Waals surface area contributed by atoms with E-state index in [2.05, 4.69) is 39.9 Å². The molecule has 0 fully saturated rings. The van der Waals surface area contributed by atoms with Crippen LogP contribution in [-0.2, 0) is 18.3 Å². The summed E-state index contributed by atoms with van der Waals surface area (Å²) in [5.41, 5.74) is 0.356. The molecule has 0 aliphatic carbocycles. The van der Waals surface area contributed by atoms with Crippen LogP contribution in [0.2, 0.25) is 18.1 Å². The normalized spacial score (nSPS) is 12.2. The molecule has 4 aromatic rings. The SMILES string of the molecule is COc1cc(O[Si](C)(C)C(C)(C)C)c2c(=O)oc(C(C#N)(Cc3ccccc3)Cc3ccccc3)cc2c1. The summed E-state index contributed by atoms with van der Waals surface area (Å²) in [6.45, 7) is 10.7. The van der Waals surface area contributed by atoms with Gasteiger partial charge < -0.3 is 13.6 Å². The van der Waals surface area contributed by atoms with Gasteiger partial charge in [0.05, 0.1) is 13.2 Å². The molecule has 0 amide bonds. The molecule has 0 saturated carbocycles. The smallest absolute Gasteiger partial charge is 0.347 e. The van der Waals surface area contributed by atoms with Crippen molar-refractivity contribution < 1.29 is 13.6 Å². The van der Waals surface area contributed by atoms with E-state index >= 15 is 0 Å². The molecule has 6 heteroatoms. The first-order valence-corrected chi connectivity index (χ1v) is 15.7. The second kappa shape index (κ2) is 10.5. The monoisotopic (exact) mass is 525 g/mol. The Labute approximate surface area is 225 Å². The van der Waals surface area contributed by atoms with Crippen LogP contribution in [0.4, 0.5) is 0 Å². The molecule has 5 nitrogen and oxygen atoms in total. The molecule has 0 N–H and O–H groups in total. The Morgan fingerprint density at radius 2 is 1.45 bits per heavy atom. The lowest BCUT2D eigenvalue weighted by Gasteiger charge is -2.36. The second-order valence-electron chi connectivity index (χ2n) is 11.4. The number of hydrogen-bond acceptors (Lipinski definition) is 5. The van der Waals surface area contributed by atoms with Gasteiger partial charge in [0.1, 0.15) is 28.1 Å². The number of ether oxygens (including phenoxy) is 1. The van der Waals surface area contributed by atoms with E-state index in [0.717, 1.165) is 11.1 Å². The number of rotatable bonds is 8. The van der Waals surface area contributed by atoms with Crippen LogP contribution in [0.15, 0.2) is 88.1 Å². The third kappa shape index (κ3) is 5.53. The molecule has 0 aliphatic rings. The minimum Gasteiger partial charge on any atom is -0.543 e. The lowest BCUT2D eigenvalue weighted by molar-refractivity contribution is 0.371. The molecule has 0 spiro atoms. The van der Waals surface area contributed by atoms with Crippen LogP contribution in [-0.4, -0.2) is 15.4 Å². The van der Waals surface area contributed by atoms with Gasteiger partial charge in [-0.05, 0) is 59.6 Å². The van der Waals surface area contributed by atoms with E-state index in [4.69, 9.17) is 13.6 Å². The zero-order valence-corrected chi connectivity index (χ0v) is 24.0. The summed E-state index contributed by atoms with van der Waals surface area (Å²) >= 11 is 0. The van der Waals surface area contributed by atoms with Gasteiger partial charge in [-0.2, -0.15) is 5.26 Å². The maximum absolute atomic E-state index is 13.6. The third-order valence-corrected chi connectivity index (χ3v) is 11.9. The molecule has 3 aromatic carbocycles. The van der Waals surface area contributed by atoms with E-state index in [1.54, 1.807) is 19.2 Å². The molecular formula is C32H35NO4Si. The highest BCUT2D eigenvalue weighted by atomic mass is 28.4. The fraction of sp³-hybridized carbons (Fsp3) is 0.312. The lowest BCUT2D eigenvalue weighted by Crippen LogP contribution is -2.44. The van der Waals surface area contributed by atoms with Gasteiger partial charge in [0.2, 0.25) is 0 Å². The molecule has 196 valence electrons. The summed E-state index contributed by atoms with van der Waals surface area (Å²) in [6.07, 6.45) is 0.788. The summed E-state index contributed by atoms with van der Waals surface area (Å²) in [5, 5.41) is 11.6. The van der Waals surface area contributed by atoms with Crippen LogP contribution in [0, 0.1) is 11.3 Å². The topological polar surface area (TPSA) is 72.5 Å². The maximum atomic E-state index is 13.6. The Bertz CT molecular complexity index is 1470. The summed E-state index contributed by atoms with van der Waals surface area (Å²) in [5.74, 6) is 1.37. The maximum Gasteiger partial charge on any atom is 0.347 e. The van der Waals surface area contributed by atoms with Crippen LogP contribution in [0.1, 0.15) is 37.7 Å². The van der Waals surface area contributed by atoms with Crippen LogP contribution < -0.4 is 14.8 Å². The van der Waals surface area contributed by atoms with Gasteiger partial charge in [-0.25, -0.2) is 4.79 Å². The zero-order chi connectivity index (χ0) is 27.6. The van der Waals surface area contributed by atoms with Crippen molar-refractivity contribution in [2.45, 2.75) is 57.2 Å². The minimum atomic E-state index is -2.27. The van der Waals surface area contributed by atoms with E-state index in [1.807, 2.05) is 66.7 Å². The molecule has 4 rings (SSSR count). The van der Waals surface area contributed by atoms with Gasteiger partial charge in [0, 0.05) is 6.07 Å². The Morgan fingerprint density at radius 3 is 1.92 bits per heavy atom. The van der Waals surface area contributed by atoms with Crippen molar-refractivity contribution in [1.29, 1.82) is 5.26 Å². The second-order valence-corrected chi connectivity index (χ2v) is 16.1. The van der Waals surface area contributed by atoms with Crippen molar-refractivity contribution in [1.82, 2.24) is 0 Å². The number of nitrogens with zero attached hydrogens (tertiary/aromatic N) is 1. The van der Waals surface area contributed by atoms with E-state index in [0.29, 0.717) is 40.9 Å². The molecule has 0 aliphatic heterocycles. The number of methoxy groups -OCH3 is 1. The predicted molar refractivity (Wildman–Crippen MR) is 154 cm³/mol. The van der Waals surface area contributed by atoms with Gasteiger partial charge >= 0.3 is 5.63 Å².